The van der Waals surface area contributed by atoms with Gasteiger partial charge in [0.1, 0.15) is 11.3 Å². The van der Waals surface area contributed by atoms with E-state index in [0.717, 1.165) is 71.8 Å². The third kappa shape index (κ3) is 4.26. The molecule has 0 radical (unpaired) electrons. The first-order valence-corrected chi connectivity index (χ1v) is 18.8. The maximum atomic E-state index is 7.23. The van der Waals surface area contributed by atoms with Crippen molar-refractivity contribution in [2.45, 2.75) is 0 Å². The van der Waals surface area contributed by atoms with Crippen LogP contribution < -0.4 is 0 Å². The van der Waals surface area contributed by atoms with Crippen LogP contribution in [-0.2, 0) is 0 Å². The SMILES string of the molecule is c1ccc(-c2c(-c3c4ccccc4c(-c4cccc5c4c4ccccc4n5-c4ccccc4)c4ccccc34)oc3c2ccc2c4ccccc4oc23)cc1. The van der Waals surface area contributed by atoms with E-state index in [1.165, 1.54) is 43.7 Å². The number of para-hydroxylation sites is 3. The Labute approximate surface area is 315 Å². The van der Waals surface area contributed by atoms with E-state index in [2.05, 4.69) is 180 Å². The standard InChI is InChI=1S/C52H31NO2/c1-3-16-32(17-4-1)46-42-31-30-39-34-20-12-14-29-45(34)54-50(39)51(42)55-52(46)49-37-23-9-7-21-35(37)47(36-22-8-10-24-38(36)49)41-26-15-28-44-48(41)40-25-11-13-27-43(40)53(44)33-18-5-2-6-19-33/h1-31H. The smallest absolute Gasteiger partial charge is 0.178 e. The molecule has 0 spiro atoms. The molecule has 12 aromatic rings. The highest BCUT2D eigenvalue weighted by Gasteiger charge is 2.27. The van der Waals surface area contributed by atoms with Crippen molar-refractivity contribution < 1.29 is 8.83 Å². The van der Waals surface area contributed by atoms with Gasteiger partial charge in [0.15, 0.2) is 11.2 Å². The highest BCUT2D eigenvalue weighted by Crippen LogP contribution is 2.51. The van der Waals surface area contributed by atoms with E-state index in [-0.39, 0.29) is 0 Å². The summed E-state index contributed by atoms with van der Waals surface area (Å²) in [5.41, 5.74) is 11.6. The highest BCUT2D eigenvalue weighted by atomic mass is 16.4. The van der Waals surface area contributed by atoms with Crippen molar-refractivity contribution in [3.05, 3.63) is 188 Å². The molecule has 3 nitrogen and oxygen atoms in total. The zero-order valence-electron chi connectivity index (χ0n) is 29.7. The van der Waals surface area contributed by atoms with Gasteiger partial charge in [0, 0.05) is 43.7 Å². The highest BCUT2D eigenvalue weighted by molar-refractivity contribution is 6.28. The maximum Gasteiger partial charge on any atom is 0.178 e. The Morgan fingerprint density at radius 1 is 0.327 bits per heavy atom. The molecular formula is C52H31NO2. The Kier molecular flexibility index (Phi) is 6.34. The molecule has 55 heavy (non-hydrogen) atoms. The molecular weight excluding hydrogens is 671 g/mol. The average Bonchev–Trinajstić information content (AvgIpc) is 3.93. The fourth-order valence-electron chi connectivity index (χ4n) is 9.15. The normalized spacial score (nSPS) is 12.0. The number of hydrogen-bond acceptors (Lipinski definition) is 2. The lowest BCUT2D eigenvalue weighted by Gasteiger charge is -2.18. The van der Waals surface area contributed by atoms with Crippen molar-refractivity contribution in [3.8, 4) is 39.3 Å². The Hall–Kier alpha value is -7.36. The van der Waals surface area contributed by atoms with Crippen LogP contribution in [0.5, 0.6) is 0 Å². The Morgan fingerprint density at radius 3 is 1.60 bits per heavy atom. The van der Waals surface area contributed by atoms with Gasteiger partial charge in [0.25, 0.3) is 0 Å². The second-order valence-corrected chi connectivity index (χ2v) is 14.3. The van der Waals surface area contributed by atoms with Crippen molar-refractivity contribution in [1.82, 2.24) is 4.57 Å². The quantitative estimate of drug-likeness (QED) is 0.171. The molecule has 0 aliphatic heterocycles. The molecule has 0 unspecified atom stereocenters. The van der Waals surface area contributed by atoms with Gasteiger partial charge in [0.05, 0.1) is 11.0 Å². The van der Waals surface area contributed by atoms with Crippen LogP contribution in [0.2, 0.25) is 0 Å². The fraction of sp³-hybridized carbons (Fsp3) is 0. The third-order valence-electron chi connectivity index (χ3n) is 11.4. The van der Waals surface area contributed by atoms with E-state index in [1.54, 1.807) is 0 Å². The summed E-state index contributed by atoms with van der Waals surface area (Å²) in [4.78, 5) is 0. The van der Waals surface area contributed by atoms with Crippen molar-refractivity contribution in [2.75, 3.05) is 0 Å². The van der Waals surface area contributed by atoms with Gasteiger partial charge in [-0.05, 0) is 80.7 Å². The van der Waals surface area contributed by atoms with E-state index < -0.39 is 0 Å². The first-order valence-electron chi connectivity index (χ1n) is 18.8. The summed E-state index contributed by atoms with van der Waals surface area (Å²) in [5.74, 6) is 0.840. The Bertz CT molecular complexity index is 3420. The molecule has 256 valence electrons. The molecule has 0 N–H and O–H groups in total. The number of benzene rings is 9. The average molecular weight is 702 g/mol. The fourth-order valence-corrected chi connectivity index (χ4v) is 9.15. The van der Waals surface area contributed by atoms with Crippen LogP contribution in [-0.4, -0.2) is 4.57 Å². The number of hydrogen-bond donors (Lipinski definition) is 0. The van der Waals surface area contributed by atoms with Crippen LogP contribution in [0.1, 0.15) is 0 Å². The topological polar surface area (TPSA) is 31.2 Å². The zero-order chi connectivity index (χ0) is 36.0. The molecule has 9 aromatic carbocycles. The molecule has 0 atom stereocenters. The van der Waals surface area contributed by atoms with E-state index in [9.17, 15) is 0 Å². The molecule has 3 heterocycles. The summed E-state index contributed by atoms with van der Waals surface area (Å²) in [6, 6.07) is 67.1. The molecule has 0 amide bonds. The van der Waals surface area contributed by atoms with Crippen LogP contribution >= 0.6 is 0 Å². The predicted octanol–water partition coefficient (Wildman–Crippen LogP) is 14.7. The minimum Gasteiger partial charge on any atom is -0.452 e. The summed E-state index contributed by atoms with van der Waals surface area (Å²) in [7, 11) is 0. The third-order valence-corrected chi connectivity index (χ3v) is 11.4. The largest absolute Gasteiger partial charge is 0.452 e. The predicted molar refractivity (Wildman–Crippen MR) is 229 cm³/mol. The van der Waals surface area contributed by atoms with Gasteiger partial charge < -0.3 is 13.4 Å². The van der Waals surface area contributed by atoms with E-state index in [0.29, 0.717) is 0 Å². The monoisotopic (exact) mass is 701 g/mol. The summed E-state index contributed by atoms with van der Waals surface area (Å²) < 4.78 is 16.2. The first-order chi connectivity index (χ1) is 27.3. The first kappa shape index (κ1) is 30.1. The molecule has 0 saturated heterocycles. The lowest BCUT2D eigenvalue weighted by atomic mass is 9.85. The van der Waals surface area contributed by atoms with Gasteiger partial charge >= 0.3 is 0 Å². The molecule has 0 fully saturated rings. The van der Waals surface area contributed by atoms with Gasteiger partial charge in [-0.1, -0.05) is 146 Å². The number of aromatic nitrogens is 1. The Balaban J connectivity index is 1.23. The summed E-state index contributed by atoms with van der Waals surface area (Å²) >= 11 is 0. The van der Waals surface area contributed by atoms with Crippen molar-refractivity contribution in [2.24, 2.45) is 0 Å². The second kappa shape index (κ2) is 11.6. The number of nitrogens with zero attached hydrogens (tertiary/aromatic N) is 1. The summed E-state index contributed by atoms with van der Waals surface area (Å²) in [6.07, 6.45) is 0. The summed E-state index contributed by atoms with van der Waals surface area (Å²) in [5, 5.41) is 10.3. The molecule has 0 aliphatic carbocycles. The van der Waals surface area contributed by atoms with Crippen molar-refractivity contribution in [3.63, 3.8) is 0 Å². The molecule has 0 saturated carbocycles. The molecule has 0 aliphatic rings. The summed E-state index contributed by atoms with van der Waals surface area (Å²) in [6.45, 7) is 0. The Morgan fingerprint density at radius 2 is 0.873 bits per heavy atom. The van der Waals surface area contributed by atoms with Gasteiger partial charge in [-0.2, -0.15) is 0 Å². The lowest BCUT2D eigenvalue weighted by Crippen LogP contribution is -1.94. The van der Waals surface area contributed by atoms with Gasteiger partial charge in [-0.25, -0.2) is 0 Å². The number of fused-ring (bicyclic) bond motifs is 10. The molecule has 12 rings (SSSR count). The van der Waals surface area contributed by atoms with E-state index in [1.807, 2.05) is 12.1 Å². The van der Waals surface area contributed by atoms with Gasteiger partial charge in [0.2, 0.25) is 0 Å². The minimum atomic E-state index is 0.762. The van der Waals surface area contributed by atoms with Gasteiger partial charge in [-0.3, -0.25) is 0 Å². The van der Waals surface area contributed by atoms with Crippen molar-refractivity contribution in [1.29, 1.82) is 0 Å². The zero-order valence-corrected chi connectivity index (χ0v) is 29.7. The van der Waals surface area contributed by atoms with Gasteiger partial charge in [-0.15, -0.1) is 0 Å². The van der Waals surface area contributed by atoms with Crippen LogP contribution in [0.25, 0.3) is 116 Å². The van der Waals surface area contributed by atoms with Crippen LogP contribution in [0, 0.1) is 0 Å². The lowest BCUT2D eigenvalue weighted by molar-refractivity contribution is 0.613. The van der Waals surface area contributed by atoms with E-state index >= 15 is 0 Å². The van der Waals surface area contributed by atoms with Crippen molar-refractivity contribution >= 4 is 76.3 Å². The minimum absolute atomic E-state index is 0.762. The second-order valence-electron chi connectivity index (χ2n) is 14.3. The van der Waals surface area contributed by atoms with E-state index in [4.69, 9.17) is 8.83 Å². The number of rotatable bonds is 4. The molecule has 0 bridgehead atoms. The molecule has 3 aromatic heterocycles. The van der Waals surface area contributed by atoms with Crippen LogP contribution in [0.4, 0.5) is 0 Å². The van der Waals surface area contributed by atoms with Crippen LogP contribution in [0.15, 0.2) is 197 Å². The molecule has 3 heteroatoms. The number of furan rings is 2. The van der Waals surface area contributed by atoms with Crippen LogP contribution in [0.3, 0.4) is 0 Å². The maximum absolute atomic E-state index is 7.23.